The van der Waals surface area contributed by atoms with Gasteiger partial charge in [0.1, 0.15) is 0 Å². The second kappa shape index (κ2) is 9.41. The number of anilines is 1. The highest BCUT2D eigenvalue weighted by molar-refractivity contribution is 5.67. The lowest BCUT2D eigenvalue weighted by Crippen LogP contribution is -2.46. The Balaban J connectivity index is 1.65. The van der Waals surface area contributed by atoms with Crippen molar-refractivity contribution in [3.05, 3.63) is 87.5 Å². The van der Waals surface area contributed by atoms with Crippen molar-refractivity contribution in [2.75, 3.05) is 18.0 Å². The van der Waals surface area contributed by atoms with Gasteiger partial charge in [0.15, 0.2) is 6.33 Å². The van der Waals surface area contributed by atoms with Crippen LogP contribution in [0.5, 0.6) is 0 Å². The maximum Gasteiger partial charge on any atom is 0.311 e. The molecule has 2 aromatic heterocycles. The fraction of sp³-hybridized carbons (Fsp3) is 0.269. The Hall–Kier alpha value is -4.47. The zero-order valence-electron chi connectivity index (χ0n) is 19.2. The molecule has 0 unspecified atom stereocenters. The van der Waals surface area contributed by atoms with Crippen LogP contribution in [0.4, 0.5) is 5.95 Å². The van der Waals surface area contributed by atoms with Gasteiger partial charge in [-0.15, -0.1) is 0 Å². The van der Waals surface area contributed by atoms with Gasteiger partial charge in [-0.1, -0.05) is 41.4 Å². The summed E-state index contributed by atoms with van der Waals surface area (Å²) < 4.78 is 3.48. The van der Waals surface area contributed by atoms with Crippen molar-refractivity contribution < 1.29 is 4.57 Å². The van der Waals surface area contributed by atoms with Crippen molar-refractivity contribution in [3.63, 3.8) is 0 Å². The van der Waals surface area contributed by atoms with Crippen LogP contribution < -0.4 is 20.8 Å². The number of piperidine rings is 1. The van der Waals surface area contributed by atoms with Crippen molar-refractivity contribution >= 4 is 17.1 Å². The second-order valence-electron chi connectivity index (χ2n) is 8.79. The number of rotatable bonds is 5. The summed E-state index contributed by atoms with van der Waals surface area (Å²) in [6.07, 6.45) is 3.55. The van der Waals surface area contributed by atoms with Crippen LogP contribution in [0.1, 0.15) is 35.1 Å². The lowest BCUT2D eigenvalue weighted by atomic mass is 10.1. The third-order valence-electron chi connectivity index (χ3n) is 6.45. The molecule has 0 saturated carbocycles. The van der Waals surface area contributed by atoms with Crippen LogP contribution in [0.15, 0.2) is 59.7 Å². The molecule has 35 heavy (non-hydrogen) atoms. The third-order valence-corrected chi connectivity index (χ3v) is 6.45. The first-order valence-corrected chi connectivity index (χ1v) is 11.6. The lowest BCUT2D eigenvalue weighted by Gasteiger charge is -2.31. The highest BCUT2D eigenvalue weighted by atomic mass is 16.1. The Morgan fingerprint density at radius 3 is 2.49 bits per heavy atom. The largest absolute Gasteiger partial charge is 0.327 e. The molecule has 1 saturated heterocycles. The average molecular weight is 466 g/mol. The monoisotopic (exact) mass is 465 g/mol. The van der Waals surface area contributed by atoms with E-state index in [1.807, 2.05) is 41.0 Å². The Bertz CT molecular complexity index is 1540. The van der Waals surface area contributed by atoms with Gasteiger partial charge in [0.05, 0.1) is 36.4 Å². The molecular weight excluding hydrogens is 440 g/mol. The summed E-state index contributed by atoms with van der Waals surface area (Å²) in [5, 5.41) is 19.0. The molecule has 0 amide bonds. The number of benzene rings is 2. The van der Waals surface area contributed by atoms with E-state index in [1.54, 1.807) is 23.0 Å². The van der Waals surface area contributed by atoms with Crippen LogP contribution >= 0.6 is 0 Å². The predicted molar refractivity (Wildman–Crippen MR) is 130 cm³/mol. The SMILES string of the molecule is N#Cc1ccccc1Cn1c(N2CCC[C@@H](N)C2)nc2c([nH]c[n+]2Cc2ccccc2C#N)c1=O. The molecule has 1 aliphatic heterocycles. The highest BCUT2D eigenvalue weighted by Crippen LogP contribution is 2.20. The first-order valence-electron chi connectivity index (χ1n) is 11.6. The molecule has 1 fully saturated rings. The van der Waals surface area contributed by atoms with E-state index in [0.29, 0.717) is 41.3 Å². The molecule has 4 aromatic rings. The number of hydrogen-bond acceptors (Lipinski definition) is 6. The van der Waals surface area contributed by atoms with Crippen LogP contribution in [0.3, 0.4) is 0 Å². The molecule has 9 heteroatoms. The fourth-order valence-corrected chi connectivity index (χ4v) is 4.65. The number of aromatic amines is 1. The van der Waals surface area contributed by atoms with Crippen LogP contribution in [-0.2, 0) is 13.1 Å². The Morgan fingerprint density at radius 1 is 1.09 bits per heavy atom. The summed E-state index contributed by atoms with van der Waals surface area (Å²) in [7, 11) is 0. The van der Waals surface area contributed by atoms with Gasteiger partial charge < -0.3 is 10.6 Å². The molecule has 3 heterocycles. The maximum absolute atomic E-state index is 13.8. The van der Waals surface area contributed by atoms with E-state index in [9.17, 15) is 15.3 Å². The molecular formula is C26H25N8O+. The molecule has 0 bridgehead atoms. The van der Waals surface area contributed by atoms with Gasteiger partial charge in [-0.2, -0.15) is 10.5 Å². The molecule has 3 N–H and O–H groups in total. The van der Waals surface area contributed by atoms with E-state index in [2.05, 4.69) is 22.0 Å². The Labute approximate surface area is 202 Å². The molecule has 1 atom stereocenters. The number of nitrogens with one attached hydrogen (secondary N) is 1. The molecule has 0 spiro atoms. The molecule has 174 valence electrons. The van der Waals surface area contributed by atoms with Gasteiger partial charge in [0.25, 0.3) is 5.95 Å². The highest BCUT2D eigenvalue weighted by Gasteiger charge is 2.28. The van der Waals surface area contributed by atoms with Crippen LogP contribution in [0.25, 0.3) is 11.2 Å². The minimum Gasteiger partial charge on any atom is -0.327 e. The summed E-state index contributed by atoms with van der Waals surface area (Å²) in [6.45, 7) is 1.96. The maximum atomic E-state index is 13.8. The van der Waals surface area contributed by atoms with E-state index < -0.39 is 0 Å². The van der Waals surface area contributed by atoms with Gasteiger partial charge in [-0.05, 0) is 30.5 Å². The van der Waals surface area contributed by atoms with E-state index in [1.165, 1.54) is 0 Å². The van der Waals surface area contributed by atoms with E-state index in [4.69, 9.17) is 10.7 Å². The molecule has 0 radical (unpaired) electrons. The molecule has 5 rings (SSSR count). The Kier molecular flexibility index (Phi) is 6.01. The number of imidazole rings is 1. The smallest absolute Gasteiger partial charge is 0.311 e. The molecule has 9 nitrogen and oxygen atoms in total. The minimum absolute atomic E-state index is 0.00273. The summed E-state index contributed by atoms with van der Waals surface area (Å²) in [5.41, 5.74) is 9.64. The number of H-pyrrole nitrogens is 1. The van der Waals surface area contributed by atoms with E-state index in [0.717, 1.165) is 30.5 Å². The first-order chi connectivity index (χ1) is 17.1. The molecule has 2 aromatic carbocycles. The van der Waals surface area contributed by atoms with Gasteiger partial charge in [-0.25, -0.2) is 4.57 Å². The standard InChI is InChI=1S/C26H24N8O/c27-12-18-6-1-3-8-20(18)14-33-17-30-23-24(33)31-26(32-11-5-10-22(29)16-32)34(25(23)35)15-21-9-4-2-7-19(21)13-28/h1-4,6-9,17,22H,5,10-11,14-16,29H2/p+1/t22-/m1/s1. The molecule has 1 aliphatic rings. The van der Waals surface area contributed by atoms with Gasteiger partial charge in [-0.3, -0.25) is 14.3 Å². The summed E-state index contributed by atoms with van der Waals surface area (Å²) in [6, 6.07) is 19.1. The number of fused-ring (bicyclic) bond motifs is 1. The average Bonchev–Trinajstić information content (AvgIpc) is 3.29. The summed E-state index contributed by atoms with van der Waals surface area (Å²) >= 11 is 0. The topological polar surface area (TPSA) is 131 Å². The second-order valence-corrected chi connectivity index (χ2v) is 8.79. The fourth-order valence-electron chi connectivity index (χ4n) is 4.65. The van der Waals surface area contributed by atoms with Gasteiger partial charge >= 0.3 is 11.2 Å². The first kappa shape index (κ1) is 22.3. The van der Waals surface area contributed by atoms with Gasteiger partial charge in [0.2, 0.25) is 5.52 Å². The summed E-state index contributed by atoms with van der Waals surface area (Å²) in [5.74, 6) is 0.535. The number of nitrogens with two attached hydrogens (primary N) is 1. The zero-order chi connectivity index (χ0) is 24.4. The Morgan fingerprint density at radius 2 is 1.77 bits per heavy atom. The van der Waals surface area contributed by atoms with E-state index >= 15 is 0 Å². The van der Waals surface area contributed by atoms with Crippen molar-refractivity contribution in [1.82, 2.24) is 14.5 Å². The minimum atomic E-state index is -0.218. The van der Waals surface area contributed by atoms with Crippen molar-refractivity contribution in [3.8, 4) is 12.1 Å². The number of hydrogen-bond donors (Lipinski definition) is 2. The quantitative estimate of drug-likeness (QED) is 0.432. The third kappa shape index (κ3) is 4.25. The van der Waals surface area contributed by atoms with Crippen molar-refractivity contribution in [2.24, 2.45) is 5.73 Å². The van der Waals surface area contributed by atoms with Crippen molar-refractivity contribution in [1.29, 1.82) is 10.5 Å². The molecule has 0 aliphatic carbocycles. The number of aromatic nitrogens is 4. The lowest BCUT2D eigenvalue weighted by molar-refractivity contribution is -0.664. The zero-order valence-corrected chi connectivity index (χ0v) is 19.2. The predicted octanol–water partition coefficient (Wildman–Crippen LogP) is 1.78. The summed E-state index contributed by atoms with van der Waals surface area (Å²) in [4.78, 5) is 23.9. The van der Waals surface area contributed by atoms with Crippen LogP contribution in [0, 0.1) is 22.7 Å². The van der Waals surface area contributed by atoms with Crippen molar-refractivity contribution in [2.45, 2.75) is 32.0 Å². The normalized spacial score (nSPS) is 15.6. The van der Waals surface area contributed by atoms with Crippen LogP contribution in [-0.4, -0.2) is 33.7 Å². The van der Waals surface area contributed by atoms with Gasteiger partial charge in [0, 0.05) is 24.7 Å². The number of nitrogens with zero attached hydrogens (tertiary/aromatic N) is 6. The van der Waals surface area contributed by atoms with E-state index in [-0.39, 0.29) is 18.1 Å². The number of nitriles is 2. The van der Waals surface area contributed by atoms with Crippen LogP contribution in [0.2, 0.25) is 0 Å².